The normalized spacial score (nSPS) is 19.5. The highest BCUT2D eigenvalue weighted by Crippen LogP contribution is 2.44. The Morgan fingerprint density at radius 1 is 1.12 bits per heavy atom. The van der Waals surface area contributed by atoms with Crippen LogP contribution in [0.5, 0.6) is 5.75 Å². The first kappa shape index (κ1) is 21.2. The van der Waals surface area contributed by atoms with Gasteiger partial charge in [0.05, 0.1) is 18.7 Å². The van der Waals surface area contributed by atoms with Gasteiger partial charge in [-0.05, 0) is 31.0 Å². The summed E-state index contributed by atoms with van der Waals surface area (Å²) in [6.07, 6.45) is 4.42. The van der Waals surface area contributed by atoms with Gasteiger partial charge in [0.15, 0.2) is 22.9 Å². The second-order valence-corrected chi connectivity index (χ2v) is 8.51. The van der Waals surface area contributed by atoms with E-state index in [0.29, 0.717) is 16.7 Å². The quantitative estimate of drug-likeness (QED) is 0.521. The number of aliphatic hydroxyl groups is 1. The molecule has 1 aliphatic heterocycles. The van der Waals surface area contributed by atoms with Crippen LogP contribution in [0, 0.1) is 5.82 Å². The van der Waals surface area contributed by atoms with Crippen molar-refractivity contribution < 1.29 is 28.2 Å². The fourth-order valence-corrected chi connectivity index (χ4v) is 5.03. The van der Waals surface area contributed by atoms with Gasteiger partial charge in [0.2, 0.25) is 5.78 Å². The number of ether oxygens (including phenoxy) is 1. The monoisotopic (exact) mass is 449 g/mol. The third-order valence-corrected chi connectivity index (χ3v) is 6.61. The Bertz CT molecular complexity index is 1270. The molecule has 0 radical (unpaired) electrons. The summed E-state index contributed by atoms with van der Waals surface area (Å²) in [5.74, 6) is -2.07. The lowest BCUT2D eigenvalue weighted by Gasteiger charge is -2.36. The van der Waals surface area contributed by atoms with E-state index in [2.05, 4.69) is 0 Å². The number of nitrogens with zero attached hydrogens (tertiary/aromatic N) is 1. The van der Waals surface area contributed by atoms with Crippen LogP contribution in [0.25, 0.3) is 11.0 Å². The molecule has 0 saturated heterocycles. The first-order valence-corrected chi connectivity index (χ1v) is 11.1. The molecule has 1 aromatic heterocycles. The number of hydrogen-bond donors (Lipinski definition) is 1. The number of ketones is 1. The summed E-state index contributed by atoms with van der Waals surface area (Å²) in [4.78, 5) is 28.3. The number of fused-ring (bicyclic) bond motifs is 1. The molecule has 1 atom stereocenters. The topological polar surface area (TPSA) is 80.0 Å². The van der Waals surface area contributed by atoms with E-state index in [4.69, 9.17) is 9.15 Å². The van der Waals surface area contributed by atoms with Crippen LogP contribution in [0.1, 0.15) is 54.3 Å². The van der Waals surface area contributed by atoms with Gasteiger partial charge >= 0.3 is 0 Å². The second-order valence-electron chi connectivity index (χ2n) is 8.51. The number of methoxy groups -OCH3 is 1. The third-order valence-electron chi connectivity index (χ3n) is 6.61. The van der Waals surface area contributed by atoms with Gasteiger partial charge in [0.25, 0.3) is 5.91 Å². The molecule has 2 aromatic carbocycles. The van der Waals surface area contributed by atoms with Crippen molar-refractivity contribution in [3.63, 3.8) is 0 Å². The van der Waals surface area contributed by atoms with Crippen molar-refractivity contribution in [3.05, 3.63) is 77.0 Å². The molecule has 3 aromatic rings. The van der Waals surface area contributed by atoms with Crippen molar-refractivity contribution in [1.29, 1.82) is 0 Å². The summed E-state index contributed by atoms with van der Waals surface area (Å²) in [5.41, 5.74) is 0.408. The molecule has 1 aliphatic carbocycles. The number of hydrogen-bond acceptors (Lipinski definition) is 5. The number of para-hydroxylation sites is 1. The van der Waals surface area contributed by atoms with E-state index in [0.717, 1.165) is 32.1 Å². The number of halogens is 1. The Labute approximate surface area is 190 Å². The fourth-order valence-electron chi connectivity index (χ4n) is 5.03. The summed E-state index contributed by atoms with van der Waals surface area (Å²) < 4.78 is 26.1. The van der Waals surface area contributed by atoms with Crippen LogP contribution >= 0.6 is 0 Å². The maximum atomic E-state index is 14.9. The first-order chi connectivity index (χ1) is 16.0. The summed E-state index contributed by atoms with van der Waals surface area (Å²) in [6.45, 7) is 0. The highest BCUT2D eigenvalue weighted by Gasteiger charge is 2.48. The van der Waals surface area contributed by atoms with Crippen molar-refractivity contribution in [3.8, 4) is 5.75 Å². The van der Waals surface area contributed by atoms with Gasteiger partial charge in [0, 0.05) is 17.0 Å². The van der Waals surface area contributed by atoms with E-state index in [1.165, 1.54) is 18.1 Å². The molecule has 2 heterocycles. The Morgan fingerprint density at radius 2 is 1.88 bits per heavy atom. The van der Waals surface area contributed by atoms with Gasteiger partial charge in [-0.3, -0.25) is 9.59 Å². The predicted octanol–water partition coefficient (Wildman–Crippen LogP) is 5.49. The molecule has 1 amide bonds. The Kier molecular flexibility index (Phi) is 5.40. The summed E-state index contributed by atoms with van der Waals surface area (Å²) in [6, 6.07) is 11.7. The molecule has 170 valence electrons. The summed E-state index contributed by atoms with van der Waals surface area (Å²) in [5, 5.41) is 11.5. The molecule has 7 heteroatoms. The number of furan rings is 1. The van der Waals surface area contributed by atoms with Crippen molar-refractivity contribution in [1.82, 2.24) is 4.90 Å². The zero-order valence-corrected chi connectivity index (χ0v) is 18.2. The first-order valence-electron chi connectivity index (χ1n) is 11.1. The zero-order valence-electron chi connectivity index (χ0n) is 18.2. The van der Waals surface area contributed by atoms with Crippen LogP contribution in [0.4, 0.5) is 4.39 Å². The number of benzene rings is 2. The van der Waals surface area contributed by atoms with Crippen molar-refractivity contribution in [2.75, 3.05) is 7.11 Å². The van der Waals surface area contributed by atoms with E-state index in [1.807, 2.05) is 0 Å². The van der Waals surface area contributed by atoms with Gasteiger partial charge in [-0.1, -0.05) is 49.6 Å². The molecule has 1 N–H and O–H groups in total. The SMILES string of the molecule is COc1cccc2cc(C(=O)C3=C(O)C(=O)N(C4CCCCC4)C3c3ccccc3F)oc12. The predicted molar refractivity (Wildman–Crippen MR) is 120 cm³/mol. The minimum Gasteiger partial charge on any atom is -0.503 e. The molecule has 6 nitrogen and oxygen atoms in total. The average Bonchev–Trinajstić information content (AvgIpc) is 3.39. The molecule has 2 aliphatic rings. The molecule has 1 unspecified atom stereocenters. The van der Waals surface area contributed by atoms with Crippen LogP contribution in [0.2, 0.25) is 0 Å². The van der Waals surface area contributed by atoms with E-state index >= 15 is 0 Å². The van der Waals surface area contributed by atoms with Gasteiger partial charge in [-0.2, -0.15) is 0 Å². The molecular weight excluding hydrogens is 425 g/mol. The highest BCUT2D eigenvalue weighted by molar-refractivity contribution is 6.16. The van der Waals surface area contributed by atoms with Crippen LogP contribution in [0.3, 0.4) is 0 Å². The lowest BCUT2D eigenvalue weighted by atomic mass is 9.90. The van der Waals surface area contributed by atoms with Crippen LogP contribution < -0.4 is 4.74 Å². The molecule has 0 spiro atoms. The van der Waals surface area contributed by atoms with E-state index < -0.39 is 29.3 Å². The third kappa shape index (κ3) is 3.48. The number of carbonyl (C=O) groups is 2. The minimum absolute atomic E-state index is 0.0457. The second kappa shape index (κ2) is 8.39. The van der Waals surface area contributed by atoms with Gasteiger partial charge in [-0.15, -0.1) is 0 Å². The van der Waals surface area contributed by atoms with E-state index in [9.17, 15) is 19.1 Å². The van der Waals surface area contributed by atoms with E-state index in [-0.39, 0.29) is 22.9 Å². The maximum Gasteiger partial charge on any atom is 0.290 e. The largest absolute Gasteiger partial charge is 0.503 e. The minimum atomic E-state index is -1.02. The zero-order chi connectivity index (χ0) is 23.1. The Morgan fingerprint density at radius 3 is 2.61 bits per heavy atom. The van der Waals surface area contributed by atoms with E-state index in [1.54, 1.807) is 42.5 Å². The Balaban J connectivity index is 1.63. The number of amides is 1. The number of aliphatic hydroxyl groups excluding tert-OH is 1. The lowest BCUT2D eigenvalue weighted by Crippen LogP contribution is -2.41. The Hall–Kier alpha value is -3.61. The summed E-state index contributed by atoms with van der Waals surface area (Å²) >= 11 is 0. The molecule has 1 saturated carbocycles. The molecule has 5 rings (SSSR count). The van der Waals surface area contributed by atoms with Crippen LogP contribution in [-0.2, 0) is 4.79 Å². The number of carbonyl (C=O) groups excluding carboxylic acids is 2. The van der Waals surface area contributed by atoms with Crippen LogP contribution in [0.15, 0.2) is 64.3 Å². The van der Waals surface area contributed by atoms with Crippen molar-refractivity contribution in [2.24, 2.45) is 0 Å². The molecule has 33 heavy (non-hydrogen) atoms. The molecule has 1 fully saturated rings. The van der Waals surface area contributed by atoms with Crippen LogP contribution in [-0.4, -0.2) is 34.8 Å². The smallest absolute Gasteiger partial charge is 0.290 e. The standard InChI is InChI=1S/C26H24FNO5/c1-32-19-13-7-8-15-14-20(33-25(15)19)23(29)21-22(17-11-5-6-12-18(17)27)28(26(31)24(21)30)16-9-3-2-4-10-16/h5-8,11-14,16,22,30H,2-4,9-10H2,1H3. The average molecular weight is 449 g/mol. The number of rotatable bonds is 5. The molecular formula is C26H24FNO5. The lowest BCUT2D eigenvalue weighted by molar-refractivity contribution is -0.132. The highest BCUT2D eigenvalue weighted by atomic mass is 19.1. The van der Waals surface area contributed by atoms with Gasteiger partial charge in [0.1, 0.15) is 5.82 Å². The maximum absolute atomic E-state index is 14.9. The van der Waals surface area contributed by atoms with Crippen molar-refractivity contribution in [2.45, 2.75) is 44.2 Å². The fraction of sp³-hybridized carbons (Fsp3) is 0.308. The number of Topliss-reactive ketones (excluding diaryl/α,β-unsaturated/α-hetero) is 1. The van der Waals surface area contributed by atoms with Gasteiger partial charge < -0.3 is 19.2 Å². The van der Waals surface area contributed by atoms with Gasteiger partial charge in [-0.25, -0.2) is 4.39 Å². The summed E-state index contributed by atoms with van der Waals surface area (Å²) in [7, 11) is 1.50. The van der Waals surface area contributed by atoms with Crippen molar-refractivity contribution >= 4 is 22.7 Å². The molecule has 0 bridgehead atoms.